The van der Waals surface area contributed by atoms with Crippen molar-refractivity contribution < 1.29 is 45.5 Å². The number of Topliss-reactive ketones (excluding diaryl/α,β-unsaturated/α-hetero) is 1. The Hall–Kier alpha value is -4.18. The van der Waals surface area contributed by atoms with Crippen LogP contribution in [0.4, 0.5) is 37.7 Å². The number of thiophene rings is 1. The normalized spacial score (nSPS) is 21.8. The van der Waals surface area contributed by atoms with E-state index in [0.717, 1.165) is 35.9 Å². The van der Waals surface area contributed by atoms with Crippen molar-refractivity contribution >= 4 is 40.3 Å². The van der Waals surface area contributed by atoms with Gasteiger partial charge >= 0.3 is 12.4 Å². The van der Waals surface area contributed by atoms with Gasteiger partial charge in [0.05, 0.1) is 29.5 Å². The first-order chi connectivity index (χ1) is 24.2. The molecule has 0 bridgehead atoms. The van der Waals surface area contributed by atoms with Crippen LogP contribution in [-0.4, -0.2) is 89.8 Å². The molecule has 0 unspecified atom stereocenters. The van der Waals surface area contributed by atoms with Gasteiger partial charge < -0.3 is 19.4 Å². The zero-order chi connectivity index (χ0) is 36.6. The summed E-state index contributed by atoms with van der Waals surface area (Å²) in [7, 11) is 0. The van der Waals surface area contributed by atoms with E-state index in [2.05, 4.69) is 9.88 Å². The number of ketones is 1. The highest BCUT2D eigenvalue weighted by Crippen LogP contribution is 2.42. The second kappa shape index (κ2) is 14.4. The number of piperidine rings is 1. The first-order valence-corrected chi connectivity index (χ1v) is 17.7. The van der Waals surface area contributed by atoms with Gasteiger partial charge in [0.15, 0.2) is 5.78 Å². The van der Waals surface area contributed by atoms with E-state index in [1.165, 1.54) is 5.38 Å². The Labute approximate surface area is 294 Å². The number of hydrogen-bond donors (Lipinski definition) is 0. The van der Waals surface area contributed by atoms with Crippen LogP contribution in [0.1, 0.15) is 59.8 Å². The smallest absolute Gasteiger partial charge is 0.425 e. The maximum atomic E-state index is 14.8. The monoisotopic (exact) mass is 737 g/mol. The molecule has 3 saturated heterocycles. The number of rotatable bonds is 10. The molecular formula is C35H37F6N5O4S. The van der Waals surface area contributed by atoms with Crippen molar-refractivity contribution in [2.45, 2.75) is 63.0 Å². The molecule has 0 N–H and O–H groups in total. The number of nitrogens with zero attached hydrogens (tertiary/aromatic N) is 5. The molecule has 2 amide bonds. The van der Waals surface area contributed by atoms with Gasteiger partial charge in [-0.05, 0) is 44.0 Å². The SMILES string of the molecule is CCC[C@H]1N(CC(=O)c2cnccc2C(F)(F)F)CCC[C@@]1(Oc1csc(C(F)(F)F)c1)C(=O)N1CCN(c2ccccc2N2CCC2=O)CC1. The van der Waals surface area contributed by atoms with Crippen molar-refractivity contribution in [3.63, 3.8) is 0 Å². The number of pyridine rings is 1. The van der Waals surface area contributed by atoms with Crippen molar-refractivity contribution in [2.24, 2.45) is 0 Å². The molecule has 9 nitrogen and oxygen atoms in total. The first-order valence-electron chi connectivity index (χ1n) is 16.8. The molecule has 51 heavy (non-hydrogen) atoms. The molecule has 16 heteroatoms. The number of aromatic nitrogens is 1. The number of para-hydroxylation sites is 2. The number of alkyl halides is 6. The largest absolute Gasteiger partial charge is 0.475 e. The van der Waals surface area contributed by atoms with Crippen LogP contribution in [0.5, 0.6) is 5.75 Å². The summed E-state index contributed by atoms with van der Waals surface area (Å²) in [6.45, 7) is 3.53. The Bertz CT molecular complexity index is 1760. The predicted octanol–water partition coefficient (Wildman–Crippen LogP) is 6.53. The highest BCUT2D eigenvalue weighted by atomic mass is 32.1. The fraction of sp³-hybridized carbons (Fsp3) is 0.486. The summed E-state index contributed by atoms with van der Waals surface area (Å²) < 4.78 is 88.8. The van der Waals surface area contributed by atoms with Gasteiger partial charge in [0.25, 0.3) is 5.91 Å². The molecule has 6 rings (SSSR count). The fourth-order valence-corrected chi connectivity index (χ4v) is 7.94. The lowest BCUT2D eigenvalue weighted by molar-refractivity contribution is -0.161. The van der Waals surface area contributed by atoms with E-state index in [0.29, 0.717) is 50.2 Å². The molecule has 0 radical (unpaired) electrons. The third kappa shape index (κ3) is 7.43. The van der Waals surface area contributed by atoms with Crippen LogP contribution in [-0.2, 0) is 21.9 Å². The Morgan fingerprint density at radius 3 is 2.31 bits per heavy atom. The Balaban J connectivity index is 1.30. The summed E-state index contributed by atoms with van der Waals surface area (Å²) >= 11 is 0.436. The molecule has 0 aliphatic carbocycles. The molecule has 1 aromatic carbocycles. The van der Waals surface area contributed by atoms with E-state index in [1.54, 1.807) is 14.7 Å². The van der Waals surface area contributed by atoms with Crippen LogP contribution in [0.3, 0.4) is 0 Å². The number of halogens is 6. The number of hydrogen-bond acceptors (Lipinski definition) is 8. The zero-order valence-electron chi connectivity index (χ0n) is 27.8. The minimum absolute atomic E-state index is 0.0259. The van der Waals surface area contributed by atoms with Crippen LogP contribution in [0.25, 0.3) is 0 Å². The molecule has 0 spiro atoms. The summed E-state index contributed by atoms with van der Waals surface area (Å²) in [6, 6.07) is 8.25. The van der Waals surface area contributed by atoms with Crippen molar-refractivity contribution in [1.29, 1.82) is 0 Å². The maximum Gasteiger partial charge on any atom is 0.425 e. The van der Waals surface area contributed by atoms with Crippen LogP contribution in [0, 0.1) is 0 Å². The van der Waals surface area contributed by atoms with Gasteiger partial charge in [0.1, 0.15) is 10.6 Å². The van der Waals surface area contributed by atoms with Gasteiger partial charge in [-0.2, -0.15) is 26.3 Å². The van der Waals surface area contributed by atoms with Crippen LogP contribution >= 0.6 is 11.3 Å². The van der Waals surface area contributed by atoms with Crippen LogP contribution in [0.2, 0.25) is 0 Å². The van der Waals surface area contributed by atoms with E-state index < -0.39 is 58.2 Å². The van der Waals surface area contributed by atoms with Crippen molar-refractivity contribution in [3.8, 4) is 5.75 Å². The van der Waals surface area contributed by atoms with E-state index in [4.69, 9.17) is 4.74 Å². The molecule has 5 heterocycles. The minimum Gasteiger partial charge on any atom is -0.475 e. The van der Waals surface area contributed by atoms with Gasteiger partial charge in [0.2, 0.25) is 11.5 Å². The molecular weight excluding hydrogens is 700 g/mol. The Morgan fingerprint density at radius 1 is 0.980 bits per heavy atom. The highest BCUT2D eigenvalue weighted by molar-refractivity contribution is 7.10. The van der Waals surface area contributed by atoms with Crippen LogP contribution < -0.4 is 14.5 Å². The van der Waals surface area contributed by atoms with Crippen molar-refractivity contribution in [3.05, 3.63) is 70.2 Å². The fourth-order valence-electron chi connectivity index (χ4n) is 7.27. The van der Waals surface area contributed by atoms with E-state index in [9.17, 15) is 40.7 Å². The maximum absolute atomic E-state index is 14.8. The first kappa shape index (κ1) is 36.6. The van der Waals surface area contributed by atoms with Crippen molar-refractivity contribution in [2.75, 3.05) is 55.6 Å². The second-order valence-electron chi connectivity index (χ2n) is 12.9. The quantitative estimate of drug-likeness (QED) is 0.133. The zero-order valence-corrected chi connectivity index (χ0v) is 28.6. The number of amides is 2. The average molecular weight is 738 g/mol. The number of ether oxygens (including phenoxy) is 1. The Kier molecular flexibility index (Phi) is 10.4. The lowest BCUT2D eigenvalue weighted by atomic mass is 9.79. The summed E-state index contributed by atoms with van der Waals surface area (Å²) in [4.78, 5) is 50.4. The van der Waals surface area contributed by atoms with Gasteiger partial charge in [-0.25, -0.2) is 0 Å². The topological polar surface area (TPSA) is 86.3 Å². The number of β-lactam (4-membered cyclic amide) rings is 1. The summed E-state index contributed by atoms with van der Waals surface area (Å²) in [6.07, 6.45) is -5.94. The summed E-state index contributed by atoms with van der Waals surface area (Å²) in [5, 5.41) is 1.20. The number of piperazine rings is 1. The van der Waals surface area contributed by atoms with E-state index in [1.807, 2.05) is 31.2 Å². The average Bonchev–Trinajstić information content (AvgIpc) is 3.58. The summed E-state index contributed by atoms with van der Waals surface area (Å²) in [5.74, 6) is -1.42. The number of carbonyl (C=O) groups excluding carboxylic acids is 3. The standard InChI is InChI=1S/C35H37F6N5O4S/c1-2-6-29-33(50-23-19-30(51-22-23)35(39,40)41,11-5-13-45(29)21-28(47)24-20-42-12-9-25(24)34(36,37)38)32(49)44-17-15-43(16-18-44)26-7-3-4-8-27(26)46-14-10-31(46)48/h3-4,7-9,12,19-20,22,29H,2,5-6,10-11,13-18,21H2,1H3/t29-,33+/m1/s1. The number of benzene rings is 1. The highest BCUT2D eigenvalue weighted by Gasteiger charge is 2.55. The van der Waals surface area contributed by atoms with Crippen molar-refractivity contribution in [1.82, 2.24) is 14.8 Å². The number of anilines is 2. The lowest BCUT2D eigenvalue weighted by Crippen LogP contribution is -2.68. The van der Waals surface area contributed by atoms with Crippen LogP contribution in [0.15, 0.2) is 54.2 Å². The molecule has 3 aromatic rings. The Morgan fingerprint density at radius 2 is 1.71 bits per heavy atom. The molecule has 2 atom stereocenters. The third-order valence-corrected chi connectivity index (χ3v) is 10.7. The van der Waals surface area contributed by atoms with Gasteiger partial charge in [-0.3, -0.25) is 24.3 Å². The number of likely N-dealkylation sites (tertiary alicyclic amines) is 1. The third-order valence-electron chi connectivity index (χ3n) is 9.76. The molecule has 3 aliphatic heterocycles. The number of carbonyl (C=O) groups is 3. The molecule has 3 fully saturated rings. The van der Waals surface area contributed by atoms with E-state index >= 15 is 0 Å². The summed E-state index contributed by atoms with van der Waals surface area (Å²) in [5.41, 5.74) is -1.83. The minimum atomic E-state index is -4.80. The van der Waals surface area contributed by atoms with Gasteiger partial charge in [0, 0.05) is 68.5 Å². The molecule has 0 saturated carbocycles. The molecule has 2 aromatic heterocycles. The molecule has 3 aliphatic rings. The van der Waals surface area contributed by atoms with E-state index in [-0.39, 0.29) is 44.1 Å². The van der Waals surface area contributed by atoms with Gasteiger partial charge in [-0.15, -0.1) is 11.3 Å². The van der Waals surface area contributed by atoms with Gasteiger partial charge in [-0.1, -0.05) is 25.5 Å². The molecule has 274 valence electrons. The second-order valence-corrected chi connectivity index (χ2v) is 13.8. The predicted molar refractivity (Wildman–Crippen MR) is 178 cm³/mol. The lowest BCUT2D eigenvalue weighted by Gasteiger charge is -2.50.